The maximum Gasteiger partial charge on any atom is 0.163 e. The zero-order chi connectivity index (χ0) is 9.14. The predicted octanol–water partition coefficient (Wildman–Crippen LogP) is 1.09. The molecule has 2 N–H and O–H groups in total. The number of aromatic hydroxyl groups is 1. The van der Waals surface area contributed by atoms with Crippen molar-refractivity contribution < 1.29 is 15.0 Å². The molecule has 1 aromatic rings. The predicted molar refractivity (Wildman–Crippen MR) is 44.0 cm³/mol. The summed E-state index contributed by atoms with van der Waals surface area (Å²) in [5.41, 5.74) is 0.879. The molecule has 0 spiro atoms. The van der Waals surface area contributed by atoms with Gasteiger partial charge in [0.15, 0.2) is 5.78 Å². The number of aliphatic hydroxyl groups is 1. The van der Waals surface area contributed by atoms with Crippen LogP contribution in [0.2, 0.25) is 0 Å². The van der Waals surface area contributed by atoms with Crippen molar-refractivity contribution in [3.8, 4) is 5.75 Å². The third kappa shape index (κ3) is 1.62. The van der Waals surface area contributed by atoms with E-state index in [0.29, 0.717) is 5.56 Å². The first-order valence-corrected chi connectivity index (χ1v) is 3.59. The Morgan fingerprint density at radius 1 is 1.50 bits per heavy atom. The van der Waals surface area contributed by atoms with Crippen molar-refractivity contribution in [2.24, 2.45) is 0 Å². The molecule has 1 rings (SSSR count). The van der Waals surface area contributed by atoms with Gasteiger partial charge in [-0.1, -0.05) is 6.07 Å². The van der Waals surface area contributed by atoms with Crippen molar-refractivity contribution in [2.75, 3.05) is 0 Å². The molecule has 12 heavy (non-hydrogen) atoms. The number of phenolic OH excluding ortho intramolecular Hbond substituents is 1. The lowest BCUT2D eigenvalue weighted by Gasteiger charge is -2.01. The first kappa shape index (κ1) is 8.74. The summed E-state index contributed by atoms with van der Waals surface area (Å²) >= 11 is 0. The van der Waals surface area contributed by atoms with Gasteiger partial charge in [0.1, 0.15) is 5.75 Å². The van der Waals surface area contributed by atoms with Crippen LogP contribution in [-0.2, 0) is 6.61 Å². The topological polar surface area (TPSA) is 57.5 Å². The molecule has 0 amide bonds. The van der Waals surface area contributed by atoms with Crippen molar-refractivity contribution >= 4 is 5.78 Å². The van der Waals surface area contributed by atoms with Crippen LogP contribution in [-0.4, -0.2) is 16.0 Å². The molecule has 0 saturated carbocycles. The van der Waals surface area contributed by atoms with Crippen molar-refractivity contribution in [3.63, 3.8) is 0 Å². The van der Waals surface area contributed by atoms with E-state index in [1.165, 1.54) is 19.1 Å². The highest BCUT2D eigenvalue weighted by molar-refractivity contribution is 5.96. The van der Waals surface area contributed by atoms with Gasteiger partial charge in [-0.2, -0.15) is 0 Å². The Morgan fingerprint density at radius 2 is 2.17 bits per heavy atom. The number of phenols is 1. The second kappa shape index (κ2) is 3.36. The number of carbonyl (C=O) groups is 1. The molecular weight excluding hydrogens is 156 g/mol. The molecule has 0 aliphatic heterocycles. The van der Waals surface area contributed by atoms with E-state index >= 15 is 0 Å². The highest BCUT2D eigenvalue weighted by Gasteiger charge is 2.05. The van der Waals surface area contributed by atoms with Gasteiger partial charge in [0, 0.05) is 0 Å². The lowest BCUT2D eigenvalue weighted by Crippen LogP contribution is -1.93. The van der Waals surface area contributed by atoms with Crippen molar-refractivity contribution in [1.82, 2.24) is 0 Å². The zero-order valence-electron chi connectivity index (χ0n) is 6.74. The minimum Gasteiger partial charge on any atom is -0.507 e. The molecule has 0 fully saturated rings. The molecule has 0 bridgehead atoms. The first-order chi connectivity index (χ1) is 5.65. The van der Waals surface area contributed by atoms with Gasteiger partial charge < -0.3 is 10.2 Å². The van der Waals surface area contributed by atoms with Gasteiger partial charge in [-0.15, -0.1) is 0 Å². The Kier molecular flexibility index (Phi) is 2.45. The number of hydrogen-bond donors (Lipinski definition) is 2. The van der Waals surface area contributed by atoms with E-state index < -0.39 is 0 Å². The molecule has 0 saturated heterocycles. The maximum absolute atomic E-state index is 10.8. The van der Waals surface area contributed by atoms with E-state index in [1.54, 1.807) is 6.07 Å². The van der Waals surface area contributed by atoms with Crippen LogP contribution >= 0.6 is 0 Å². The average molecular weight is 166 g/mol. The summed E-state index contributed by atoms with van der Waals surface area (Å²) in [6.45, 7) is 1.25. The van der Waals surface area contributed by atoms with Crippen LogP contribution in [0.25, 0.3) is 0 Å². The lowest BCUT2D eigenvalue weighted by atomic mass is 10.1. The second-order valence-electron chi connectivity index (χ2n) is 2.57. The van der Waals surface area contributed by atoms with Gasteiger partial charge >= 0.3 is 0 Å². The van der Waals surface area contributed by atoms with Gasteiger partial charge in [-0.25, -0.2) is 0 Å². The summed E-state index contributed by atoms with van der Waals surface area (Å²) in [6, 6.07) is 4.50. The van der Waals surface area contributed by atoms with Crippen LogP contribution in [0.1, 0.15) is 22.8 Å². The summed E-state index contributed by atoms with van der Waals surface area (Å²) in [4.78, 5) is 10.8. The highest BCUT2D eigenvalue weighted by atomic mass is 16.3. The van der Waals surface area contributed by atoms with Crippen molar-refractivity contribution in [2.45, 2.75) is 13.5 Å². The fraction of sp³-hybridized carbons (Fsp3) is 0.222. The second-order valence-corrected chi connectivity index (χ2v) is 2.57. The van der Waals surface area contributed by atoms with E-state index in [1.807, 2.05) is 0 Å². The Balaban J connectivity index is 3.12. The monoisotopic (exact) mass is 166 g/mol. The summed E-state index contributed by atoms with van der Waals surface area (Å²) in [5.74, 6) is -0.258. The molecule has 0 unspecified atom stereocenters. The Labute approximate surface area is 70.3 Å². The summed E-state index contributed by atoms with van der Waals surface area (Å²) in [6.07, 6.45) is 0. The van der Waals surface area contributed by atoms with E-state index in [0.717, 1.165) is 0 Å². The fourth-order valence-corrected chi connectivity index (χ4v) is 0.973. The number of carbonyl (C=O) groups excluding carboxylic acids is 1. The molecule has 0 aliphatic rings. The van der Waals surface area contributed by atoms with Gasteiger partial charge in [-0.3, -0.25) is 4.79 Å². The summed E-state index contributed by atoms with van der Waals surface area (Å²) in [5, 5.41) is 18.0. The van der Waals surface area contributed by atoms with E-state index in [-0.39, 0.29) is 23.7 Å². The molecule has 3 heteroatoms. The van der Waals surface area contributed by atoms with Crippen molar-refractivity contribution in [1.29, 1.82) is 0 Å². The van der Waals surface area contributed by atoms with Gasteiger partial charge in [0.05, 0.1) is 12.2 Å². The molecule has 0 aromatic heterocycles. The zero-order valence-corrected chi connectivity index (χ0v) is 6.74. The van der Waals surface area contributed by atoms with Crippen LogP contribution in [0.3, 0.4) is 0 Å². The summed E-state index contributed by atoms with van der Waals surface area (Å²) in [7, 11) is 0. The lowest BCUT2D eigenvalue weighted by molar-refractivity contribution is 0.101. The number of ketones is 1. The van der Waals surface area contributed by atoms with Crippen LogP contribution in [0.15, 0.2) is 18.2 Å². The van der Waals surface area contributed by atoms with Gasteiger partial charge in [0.2, 0.25) is 0 Å². The largest absolute Gasteiger partial charge is 0.507 e. The number of rotatable bonds is 2. The van der Waals surface area contributed by atoms with Crippen LogP contribution in [0, 0.1) is 0 Å². The van der Waals surface area contributed by atoms with Crippen molar-refractivity contribution in [3.05, 3.63) is 29.3 Å². The Morgan fingerprint density at radius 3 is 2.58 bits per heavy atom. The van der Waals surface area contributed by atoms with E-state index in [9.17, 15) is 9.90 Å². The number of benzene rings is 1. The van der Waals surface area contributed by atoms with Gasteiger partial charge in [0.25, 0.3) is 0 Å². The molecule has 0 aliphatic carbocycles. The third-order valence-corrected chi connectivity index (χ3v) is 1.62. The molecule has 0 atom stereocenters. The normalized spacial score (nSPS) is 9.83. The number of hydrogen-bond acceptors (Lipinski definition) is 3. The molecule has 3 nitrogen and oxygen atoms in total. The van der Waals surface area contributed by atoms with E-state index in [2.05, 4.69) is 0 Å². The Hall–Kier alpha value is -1.35. The highest BCUT2D eigenvalue weighted by Crippen LogP contribution is 2.18. The average Bonchev–Trinajstić information content (AvgIpc) is 2.03. The molecule has 64 valence electrons. The smallest absolute Gasteiger partial charge is 0.163 e. The fourth-order valence-electron chi connectivity index (χ4n) is 0.973. The first-order valence-electron chi connectivity index (χ1n) is 3.59. The number of aliphatic hydroxyl groups excluding tert-OH is 1. The SMILES string of the molecule is CC(=O)c1ccc(CO)cc1O. The molecule has 0 radical (unpaired) electrons. The molecule has 1 aromatic carbocycles. The Bertz CT molecular complexity index is 305. The molecule has 0 heterocycles. The molecular formula is C9H10O3. The quantitative estimate of drug-likeness (QED) is 0.646. The van der Waals surface area contributed by atoms with Crippen LogP contribution in [0.5, 0.6) is 5.75 Å². The minimum absolute atomic E-state index is 0.0750. The number of Topliss-reactive ketones (excluding diaryl/α,β-unsaturated/α-hetero) is 1. The standard InChI is InChI=1S/C9H10O3/c1-6(11)8-3-2-7(5-10)4-9(8)12/h2-4,10,12H,5H2,1H3. The van der Waals surface area contributed by atoms with Crippen LogP contribution < -0.4 is 0 Å². The van der Waals surface area contributed by atoms with Crippen LogP contribution in [0.4, 0.5) is 0 Å². The minimum atomic E-state index is -0.183. The maximum atomic E-state index is 10.8. The summed E-state index contributed by atoms with van der Waals surface area (Å²) < 4.78 is 0. The van der Waals surface area contributed by atoms with E-state index in [4.69, 9.17) is 5.11 Å². The van der Waals surface area contributed by atoms with Gasteiger partial charge in [-0.05, 0) is 24.6 Å². The third-order valence-electron chi connectivity index (χ3n) is 1.62.